The van der Waals surface area contributed by atoms with E-state index in [0.717, 1.165) is 0 Å². The molecule has 22 heteroatoms. The van der Waals surface area contributed by atoms with Crippen LogP contribution in [-0.4, -0.2) is 57.6 Å². The van der Waals surface area contributed by atoms with E-state index in [1.54, 1.807) is 13.8 Å². The third-order valence-corrected chi connectivity index (χ3v) is 6.25. The first-order valence-corrected chi connectivity index (χ1v) is 14.0. The maximum atomic E-state index is 12.8. The molecule has 0 spiro atoms. The van der Waals surface area contributed by atoms with Crippen molar-refractivity contribution in [2.45, 2.75) is 39.0 Å². The molecule has 14 nitrogen and oxygen atoms in total. The van der Waals surface area contributed by atoms with Crippen molar-refractivity contribution in [1.29, 1.82) is 0 Å². The van der Waals surface area contributed by atoms with Gasteiger partial charge in [-0.05, 0) is 12.8 Å². The Bertz CT molecular complexity index is 1240. The van der Waals surface area contributed by atoms with Crippen LogP contribution >= 0.6 is 23.2 Å². The minimum Gasteiger partial charge on any atom is -0.359 e. The highest BCUT2D eigenvalue weighted by molar-refractivity contribution is 6.18. The number of nitro groups is 4. The molecule has 0 radical (unpaired) electrons. The molecule has 2 aromatic carbocycles. The quantitative estimate of drug-likeness (QED) is 0.0808. The summed E-state index contributed by atoms with van der Waals surface area (Å²) in [6.07, 6.45) is -8.91. The Hall–Kier alpha value is -4.20. The Balaban J connectivity index is 0.000000460. The zero-order chi connectivity index (χ0) is 35.6. The molecule has 0 amide bonds. The number of anilines is 2. The molecule has 2 aromatic rings. The number of hydrogen-bond acceptors (Lipinski definition) is 10. The number of rotatable bonds is 14. The summed E-state index contributed by atoms with van der Waals surface area (Å²) in [5.41, 5.74) is -7.68. The lowest BCUT2D eigenvalue weighted by Gasteiger charge is -2.23. The summed E-state index contributed by atoms with van der Waals surface area (Å²) in [5.74, 6) is 0.0185. The van der Waals surface area contributed by atoms with Gasteiger partial charge in [-0.3, -0.25) is 40.5 Å². The number of nitro benzene ring substituents is 4. The summed E-state index contributed by atoms with van der Waals surface area (Å²) in [6.45, 7) is 3.87. The number of alkyl halides is 8. The van der Waals surface area contributed by atoms with E-state index in [2.05, 4.69) is 0 Å². The molecule has 0 saturated carbocycles. The van der Waals surface area contributed by atoms with Gasteiger partial charge in [-0.15, -0.1) is 23.2 Å². The normalized spacial score (nSPS) is 11.3. The van der Waals surface area contributed by atoms with Gasteiger partial charge in [-0.2, -0.15) is 26.3 Å². The maximum Gasteiger partial charge on any atom is 0.416 e. The van der Waals surface area contributed by atoms with E-state index in [-0.39, 0.29) is 37.9 Å². The molecule has 0 N–H and O–H groups in total. The van der Waals surface area contributed by atoms with Crippen molar-refractivity contribution >= 4 is 57.3 Å². The average molecular weight is 711 g/mol. The first-order chi connectivity index (χ1) is 21.3. The van der Waals surface area contributed by atoms with E-state index in [4.69, 9.17) is 23.2 Å². The second kappa shape index (κ2) is 16.9. The Morgan fingerprint density at radius 3 is 0.957 bits per heavy atom. The average Bonchev–Trinajstić information content (AvgIpc) is 2.94. The smallest absolute Gasteiger partial charge is 0.359 e. The first-order valence-electron chi connectivity index (χ1n) is 13.0. The van der Waals surface area contributed by atoms with E-state index >= 15 is 0 Å². The number of nitrogens with zero attached hydrogens (tertiary/aromatic N) is 6. The number of halogens is 8. The molecule has 0 bridgehead atoms. The molecule has 0 heterocycles. The van der Waals surface area contributed by atoms with E-state index in [0.29, 0.717) is 37.1 Å². The van der Waals surface area contributed by atoms with Gasteiger partial charge < -0.3 is 9.80 Å². The zero-order valence-electron chi connectivity index (χ0n) is 23.9. The molecule has 256 valence electrons. The Labute approximate surface area is 266 Å². The molecular formula is C24H26Cl2F6N6O8. The molecule has 0 atom stereocenters. The van der Waals surface area contributed by atoms with Crippen molar-refractivity contribution in [1.82, 2.24) is 0 Å². The monoisotopic (exact) mass is 710 g/mol. The third kappa shape index (κ3) is 10.4. The van der Waals surface area contributed by atoms with Crippen LogP contribution in [0.3, 0.4) is 0 Å². The van der Waals surface area contributed by atoms with Gasteiger partial charge in [0.1, 0.15) is 0 Å². The topological polar surface area (TPSA) is 179 Å². The van der Waals surface area contributed by atoms with E-state index in [1.807, 2.05) is 0 Å². The molecule has 0 unspecified atom stereocenters. The van der Waals surface area contributed by atoms with Crippen molar-refractivity contribution in [3.63, 3.8) is 0 Å². The van der Waals surface area contributed by atoms with E-state index < -0.39 is 77.3 Å². The Morgan fingerprint density at radius 2 is 0.804 bits per heavy atom. The van der Waals surface area contributed by atoms with Crippen LogP contribution in [-0.2, 0) is 12.4 Å². The fourth-order valence-electron chi connectivity index (χ4n) is 4.16. The molecule has 0 aliphatic rings. The van der Waals surface area contributed by atoms with Crippen molar-refractivity contribution in [2.75, 3.05) is 47.7 Å². The highest BCUT2D eigenvalue weighted by atomic mass is 35.5. The van der Waals surface area contributed by atoms with Crippen molar-refractivity contribution in [3.05, 3.63) is 75.8 Å². The van der Waals surface area contributed by atoms with Gasteiger partial charge in [-0.1, -0.05) is 13.8 Å². The highest BCUT2D eigenvalue weighted by Gasteiger charge is 2.40. The Morgan fingerprint density at radius 1 is 0.565 bits per heavy atom. The fraction of sp³-hybridized carbons (Fsp3) is 0.500. The van der Waals surface area contributed by atoms with Gasteiger partial charge in [0.05, 0.1) is 30.8 Å². The molecular weight excluding hydrogens is 685 g/mol. The SMILES string of the molecule is CCCN(CCCl)c1c([N+](=O)[O-])cc(C(F)(F)F)cc1[N+](=O)[O-].CCCN(CCCl)c1c([N+](=O)[O-])cc(C(F)(F)F)cc1[N+](=O)[O-]. The zero-order valence-corrected chi connectivity index (χ0v) is 25.5. The van der Waals surface area contributed by atoms with E-state index in [9.17, 15) is 66.8 Å². The van der Waals surface area contributed by atoms with Gasteiger partial charge in [-0.25, -0.2) is 0 Å². The maximum absolute atomic E-state index is 12.8. The van der Waals surface area contributed by atoms with Gasteiger partial charge in [0.15, 0.2) is 11.4 Å². The van der Waals surface area contributed by atoms with Gasteiger partial charge in [0.25, 0.3) is 22.7 Å². The predicted molar refractivity (Wildman–Crippen MR) is 156 cm³/mol. The van der Waals surface area contributed by atoms with E-state index in [1.165, 1.54) is 9.80 Å². The van der Waals surface area contributed by atoms with Crippen LogP contribution in [0.15, 0.2) is 24.3 Å². The molecule has 0 aromatic heterocycles. The van der Waals surface area contributed by atoms with Crippen LogP contribution in [0.25, 0.3) is 0 Å². The van der Waals surface area contributed by atoms with Crippen LogP contribution in [0.5, 0.6) is 0 Å². The Kier molecular flexibility index (Phi) is 14.6. The van der Waals surface area contributed by atoms with Crippen molar-refractivity contribution < 1.29 is 46.0 Å². The summed E-state index contributed by atoms with van der Waals surface area (Å²) in [6, 6.07) is 1.22. The fourth-order valence-corrected chi connectivity index (χ4v) is 4.56. The molecule has 0 saturated heterocycles. The third-order valence-electron chi connectivity index (χ3n) is 5.91. The molecule has 2 rings (SSSR count). The lowest BCUT2D eigenvalue weighted by molar-refractivity contribution is -0.393. The van der Waals surface area contributed by atoms with Crippen LogP contribution in [0.2, 0.25) is 0 Å². The van der Waals surface area contributed by atoms with Crippen LogP contribution in [0, 0.1) is 40.5 Å². The minimum absolute atomic E-state index is 0.00926. The summed E-state index contributed by atoms with van der Waals surface area (Å²) < 4.78 is 76.9. The predicted octanol–water partition coefficient (Wildman–Crippen LogP) is 7.95. The summed E-state index contributed by atoms with van der Waals surface area (Å²) in [7, 11) is 0. The van der Waals surface area contributed by atoms with Crippen molar-refractivity contribution in [2.24, 2.45) is 0 Å². The van der Waals surface area contributed by atoms with Gasteiger partial charge in [0, 0.05) is 62.2 Å². The second-order valence-electron chi connectivity index (χ2n) is 9.10. The van der Waals surface area contributed by atoms with Gasteiger partial charge in [0.2, 0.25) is 0 Å². The lowest BCUT2D eigenvalue weighted by Crippen LogP contribution is -2.28. The molecule has 0 aliphatic carbocycles. The molecule has 46 heavy (non-hydrogen) atoms. The lowest BCUT2D eigenvalue weighted by atomic mass is 10.1. The summed E-state index contributed by atoms with van der Waals surface area (Å²) >= 11 is 11.2. The summed E-state index contributed by atoms with van der Waals surface area (Å²) in [5, 5.41) is 44.6. The first kappa shape index (κ1) is 39.8. The van der Waals surface area contributed by atoms with Crippen molar-refractivity contribution in [3.8, 4) is 0 Å². The van der Waals surface area contributed by atoms with Gasteiger partial charge >= 0.3 is 12.4 Å². The highest BCUT2D eigenvalue weighted by Crippen LogP contribution is 2.44. The van der Waals surface area contributed by atoms with Crippen LogP contribution < -0.4 is 9.80 Å². The standard InChI is InChI=1S/2C12H13ClF3N3O4/c2*1-2-4-17(5-3-13)11-9(18(20)21)6-8(12(14,15)16)7-10(11)19(22)23/h2*6-7H,2-5H2,1H3. The number of benzene rings is 2. The molecule has 0 fully saturated rings. The second-order valence-corrected chi connectivity index (χ2v) is 9.86. The minimum atomic E-state index is -4.93. The summed E-state index contributed by atoms with van der Waals surface area (Å²) in [4.78, 5) is 42.8. The molecule has 0 aliphatic heterocycles. The largest absolute Gasteiger partial charge is 0.416 e. The van der Waals surface area contributed by atoms with Crippen LogP contribution in [0.4, 0.5) is 60.5 Å². The van der Waals surface area contributed by atoms with Crippen LogP contribution in [0.1, 0.15) is 37.8 Å². The number of hydrogen-bond donors (Lipinski definition) is 0.